The Bertz CT molecular complexity index is 880. The average molecular weight is 351 g/mol. The van der Waals surface area contributed by atoms with Gasteiger partial charge in [0, 0.05) is 5.56 Å². The third kappa shape index (κ3) is 4.46. The van der Waals surface area contributed by atoms with Gasteiger partial charge in [0.1, 0.15) is 0 Å². The van der Waals surface area contributed by atoms with Crippen molar-refractivity contribution in [1.29, 1.82) is 0 Å². The van der Waals surface area contributed by atoms with Crippen molar-refractivity contribution in [2.75, 3.05) is 0 Å². The number of amidine groups is 1. The summed E-state index contributed by atoms with van der Waals surface area (Å²) in [6.07, 6.45) is 0. The minimum absolute atomic E-state index is 0.348. The van der Waals surface area contributed by atoms with Crippen molar-refractivity contribution in [3.8, 4) is 0 Å². The zero-order valence-corrected chi connectivity index (χ0v) is 14.0. The SMILES string of the molecule is O=C(ONC(=Nc1ccccc1)c1ccccc1Cl)c1ccccc1. The summed E-state index contributed by atoms with van der Waals surface area (Å²) in [4.78, 5) is 21.8. The first kappa shape index (κ1) is 16.7. The number of hydrogen-bond acceptors (Lipinski definition) is 3. The van der Waals surface area contributed by atoms with Gasteiger partial charge in [-0.05, 0) is 36.4 Å². The molecule has 0 aliphatic rings. The van der Waals surface area contributed by atoms with Crippen molar-refractivity contribution in [2.45, 2.75) is 0 Å². The average Bonchev–Trinajstić information content (AvgIpc) is 2.67. The van der Waals surface area contributed by atoms with Crippen molar-refractivity contribution in [2.24, 2.45) is 4.99 Å². The van der Waals surface area contributed by atoms with Crippen LogP contribution in [-0.2, 0) is 4.84 Å². The number of para-hydroxylation sites is 1. The molecule has 0 radical (unpaired) electrons. The molecule has 3 aromatic carbocycles. The van der Waals surface area contributed by atoms with Gasteiger partial charge in [0.25, 0.3) is 0 Å². The Balaban J connectivity index is 1.86. The van der Waals surface area contributed by atoms with Gasteiger partial charge in [-0.3, -0.25) is 0 Å². The van der Waals surface area contributed by atoms with Gasteiger partial charge in [-0.15, -0.1) is 0 Å². The fourth-order valence-corrected chi connectivity index (χ4v) is 2.38. The number of carbonyl (C=O) groups excluding carboxylic acids is 1. The number of nitrogens with one attached hydrogen (secondary N) is 1. The van der Waals surface area contributed by atoms with Crippen LogP contribution < -0.4 is 5.48 Å². The zero-order valence-electron chi connectivity index (χ0n) is 13.2. The van der Waals surface area contributed by atoms with Gasteiger partial charge in [-0.2, -0.15) is 5.48 Å². The number of nitrogens with zero attached hydrogens (tertiary/aromatic N) is 1. The van der Waals surface area contributed by atoms with Gasteiger partial charge in [-0.1, -0.05) is 60.1 Å². The molecule has 4 nitrogen and oxygen atoms in total. The maximum Gasteiger partial charge on any atom is 0.362 e. The van der Waals surface area contributed by atoms with E-state index >= 15 is 0 Å². The van der Waals surface area contributed by atoms with Crippen molar-refractivity contribution in [3.05, 3.63) is 101 Å². The molecule has 25 heavy (non-hydrogen) atoms. The molecule has 0 aliphatic heterocycles. The molecule has 0 amide bonds. The minimum atomic E-state index is -0.506. The molecule has 1 N–H and O–H groups in total. The van der Waals surface area contributed by atoms with E-state index in [0.717, 1.165) is 0 Å². The molecule has 0 aliphatic carbocycles. The van der Waals surface area contributed by atoms with E-state index in [2.05, 4.69) is 10.5 Å². The molecule has 0 saturated heterocycles. The van der Waals surface area contributed by atoms with Gasteiger partial charge in [0.05, 0.1) is 16.3 Å². The number of benzene rings is 3. The third-order valence-electron chi connectivity index (χ3n) is 3.38. The van der Waals surface area contributed by atoms with E-state index in [9.17, 15) is 4.79 Å². The number of rotatable bonds is 3. The van der Waals surface area contributed by atoms with Crippen molar-refractivity contribution in [3.63, 3.8) is 0 Å². The topological polar surface area (TPSA) is 50.7 Å². The maximum atomic E-state index is 12.1. The Morgan fingerprint density at radius 1 is 0.840 bits per heavy atom. The predicted octanol–water partition coefficient (Wildman–Crippen LogP) is 4.78. The quantitative estimate of drug-likeness (QED) is 0.420. The van der Waals surface area contributed by atoms with Crippen LogP contribution in [0.25, 0.3) is 0 Å². The molecular formula is C20H15ClN2O2. The molecule has 0 atom stereocenters. The summed E-state index contributed by atoms with van der Waals surface area (Å²) in [5, 5.41) is 0.500. The number of halogens is 1. The molecule has 0 unspecified atom stereocenters. The summed E-state index contributed by atoms with van der Waals surface area (Å²) >= 11 is 6.26. The molecule has 3 aromatic rings. The Hall–Kier alpha value is -3.11. The Morgan fingerprint density at radius 3 is 2.12 bits per heavy atom. The molecule has 0 fully saturated rings. The van der Waals surface area contributed by atoms with Crippen LogP contribution in [0.1, 0.15) is 15.9 Å². The minimum Gasteiger partial charge on any atom is -0.336 e. The summed E-state index contributed by atoms with van der Waals surface area (Å²) in [6.45, 7) is 0. The molecular weight excluding hydrogens is 336 g/mol. The van der Waals surface area contributed by atoms with Gasteiger partial charge >= 0.3 is 5.97 Å². The lowest BCUT2D eigenvalue weighted by atomic mass is 10.2. The van der Waals surface area contributed by atoms with E-state index in [1.807, 2.05) is 48.5 Å². The van der Waals surface area contributed by atoms with Gasteiger partial charge in [0.15, 0.2) is 5.84 Å². The lowest BCUT2D eigenvalue weighted by Gasteiger charge is -2.11. The van der Waals surface area contributed by atoms with Crippen LogP contribution >= 0.6 is 11.6 Å². The van der Waals surface area contributed by atoms with Crippen molar-refractivity contribution in [1.82, 2.24) is 5.48 Å². The second-order valence-corrected chi connectivity index (χ2v) is 5.54. The standard InChI is InChI=1S/C20H15ClN2O2/c21-18-14-8-7-13-17(18)19(22-16-11-5-2-6-12-16)23-25-20(24)15-9-3-1-4-10-15/h1-14H,(H,22,23). The first-order valence-electron chi connectivity index (χ1n) is 7.65. The normalized spacial score (nSPS) is 11.0. The van der Waals surface area contributed by atoms with E-state index in [1.165, 1.54) is 0 Å². The summed E-state index contributed by atoms with van der Waals surface area (Å²) in [7, 11) is 0. The highest BCUT2D eigenvalue weighted by atomic mass is 35.5. The van der Waals surface area contributed by atoms with E-state index < -0.39 is 5.97 Å². The van der Waals surface area contributed by atoms with Crippen molar-refractivity contribution < 1.29 is 9.63 Å². The fourth-order valence-electron chi connectivity index (χ4n) is 2.15. The second kappa shape index (κ2) is 8.13. The number of carbonyl (C=O) groups is 1. The van der Waals surface area contributed by atoms with Crippen LogP contribution in [0.2, 0.25) is 5.02 Å². The van der Waals surface area contributed by atoms with E-state index in [0.29, 0.717) is 27.7 Å². The smallest absolute Gasteiger partial charge is 0.336 e. The lowest BCUT2D eigenvalue weighted by molar-refractivity contribution is 0.0387. The fraction of sp³-hybridized carbons (Fsp3) is 0. The van der Waals surface area contributed by atoms with E-state index in [4.69, 9.17) is 16.4 Å². The Morgan fingerprint density at radius 2 is 1.44 bits per heavy atom. The largest absolute Gasteiger partial charge is 0.362 e. The highest BCUT2D eigenvalue weighted by Crippen LogP contribution is 2.18. The number of aliphatic imine (C=N–C) groups is 1. The summed E-state index contributed by atoms with van der Waals surface area (Å²) in [6, 6.07) is 25.3. The monoisotopic (exact) mass is 350 g/mol. The van der Waals surface area contributed by atoms with Crippen LogP contribution in [-0.4, -0.2) is 11.8 Å². The van der Waals surface area contributed by atoms with Crippen molar-refractivity contribution >= 4 is 29.1 Å². The zero-order chi connectivity index (χ0) is 17.5. The third-order valence-corrected chi connectivity index (χ3v) is 3.71. The van der Waals surface area contributed by atoms with E-state index in [-0.39, 0.29) is 0 Å². The highest BCUT2D eigenvalue weighted by Gasteiger charge is 2.12. The Labute approximate surface area is 150 Å². The first-order chi connectivity index (χ1) is 12.2. The number of hydroxylamine groups is 1. The van der Waals surface area contributed by atoms with Crippen LogP contribution in [0.4, 0.5) is 5.69 Å². The van der Waals surface area contributed by atoms with Crippen LogP contribution in [0, 0.1) is 0 Å². The Kier molecular flexibility index (Phi) is 5.44. The molecule has 0 spiro atoms. The first-order valence-corrected chi connectivity index (χ1v) is 8.03. The van der Waals surface area contributed by atoms with Gasteiger partial charge in [-0.25, -0.2) is 9.79 Å². The second-order valence-electron chi connectivity index (χ2n) is 5.13. The number of hydrogen-bond donors (Lipinski definition) is 1. The summed E-state index contributed by atoms with van der Waals surface area (Å²) in [5.41, 5.74) is 4.42. The summed E-state index contributed by atoms with van der Waals surface area (Å²) in [5.74, 6) is -0.158. The molecule has 0 aromatic heterocycles. The molecule has 0 saturated carbocycles. The van der Waals surface area contributed by atoms with Gasteiger partial charge in [0.2, 0.25) is 0 Å². The van der Waals surface area contributed by atoms with Crippen LogP contribution in [0.15, 0.2) is 89.9 Å². The molecule has 5 heteroatoms. The maximum absolute atomic E-state index is 12.1. The predicted molar refractivity (Wildman–Crippen MR) is 99.1 cm³/mol. The molecule has 0 bridgehead atoms. The molecule has 3 rings (SSSR count). The highest BCUT2D eigenvalue weighted by molar-refractivity contribution is 6.34. The lowest BCUT2D eigenvalue weighted by Crippen LogP contribution is -2.28. The van der Waals surface area contributed by atoms with Crippen LogP contribution in [0.5, 0.6) is 0 Å². The summed E-state index contributed by atoms with van der Waals surface area (Å²) < 4.78 is 0. The van der Waals surface area contributed by atoms with E-state index in [1.54, 1.807) is 36.4 Å². The molecule has 0 heterocycles. The van der Waals surface area contributed by atoms with Gasteiger partial charge < -0.3 is 4.84 Å². The van der Waals surface area contributed by atoms with Crippen LogP contribution in [0.3, 0.4) is 0 Å². The molecule has 124 valence electrons.